The van der Waals surface area contributed by atoms with E-state index in [1.807, 2.05) is 18.4 Å². The highest BCUT2D eigenvalue weighted by Crippen LogP contribution is 2.25. The number of thiophene rings is 1. The molecule has 2 atom stereocenters. The minimum Gasteiger partial charge on any atom is -0.381 e. The Kier molecular flexibility index (Phi) is 7.65. The Labute approximate surface area is 178 Å². The van der Waals surface area contributed by atoms with Crippen molar-refractivity contribution in [3.05, 3.63) is 17.5 Å². The third kappa shape index (κ3) is 5.63. The Morgan fingerprint density at radius 3 is 2.66 bits per heavy atom. The zero-order valence-electron chi connectivity index (χ0n) is 17.5. The largest absolute Gasteiger partial charge is 0.381 e. The normalized spacial score (nSPS) is 25.9. The molecule has 4 rings (SSSR count). The molecule has 3 aliphatic rings. The van der Waals surface area contributed by atoms with Gasteiger partial charge in [-0.1, -0.05) is 0 Å². The molecule has 0 amide bonds. The summed E-state index contributed by atoms with van der Waals surface area (Å²) in [6, 6.07) is 5.31. The van der Waals surface area contributed by atoms with Crippen LogP contribution in [0.25, 0.3) is 0 Å². The van der Waals surface area contributed by atoms with Crippen molar-refractivity contribution in [3.8, 4) is 0 Å². The van der Waals surface area contributed by atoms with Crippen molar-refractivity contribution in [1.82, 2.24) is 15.5 Å². The van der Waals surface area contributed by atoms with Crippen LogP contribution < -0.4 is 15.5 Å². The Balaban J connectivity index is 1.26. The summed E-state index contributed by atoms with van der Waals surface area (Å²) in [5.41, 5.74) is 0. The van der Waals surface area contributed by atoms with Gasteiger partial charge in [0.2, 0.25) is 0 Å². The first-order valence-corrected chi connectivity index (χ1v) is 11.9. The van der Waals surface area contributed by atoms with Crippen LogP contribution in [-0.4, -0.2) is 89.1 Å². The number of anilines is 1. The van der Waals surface area contributed by atoms with Crippen molar-refractivity contribution < 1.29 is 9.47 Å². The Morgan fingerprint density at radius 2 is 2.00 bits per heavy atom. The number of hydrogen-bond donors (Lipinski definition) is 2. The van der Waals surface area contributed by atoms with E-state index in [1.165, 1.54) is 5.00 Å². The monoisotopic (exact) mass is 421 g/mol. The molecular weight excluding hydrogens is 386 g/mol. The van der Waals surface area contributed by atoms with Crippen LogP contribution in [0.4, 0.5) is 5.00 Å². The molecule has 3 fully saturated rings. The van der Waals surface area contributed by atoms with Crippen LogP contribution in [0.3, 0.4) is 0 Å². The molecule has 1 aromatic heterocycles. The van der Waals surface area contributed by atoms with Gasteiger partial charge in [-0.25, -0.2) is 0 Å². The second-order valence-electron chi connectivity index (χ2n) is 8.15. The van der Waals surface area contributed by atoms with Gasteiger partial charge in [0.1, 0.15) is 0 Å². The van der Waals surface area contributed by atoms with Crippen LogP contribution >= 0.6 is 11.3 Å². The molecule has 2 N–H and O–H groups in total. The lowest BCUT2D eigenvalue weighted by Crippen LogP contribution is -2.55. The standard InChI is InChI=1S/C21H35N5O2S/c1-22-21(24-18-4-7-26(8-5-18)20-3-2-14-29-20)23-15-19(17-6-11-28-16-17)25-9-12-27-13-10-25/h2-3,14,17-19H,4-13,15-16H2,1H3,(H2,22,23,24). The van der Waals surface area contributed by atoms with Gasteiger partial charge in [-0.05, 0) is 36.8 Å². The predicted octanol–water partition coefficient (Wildman–Crippen LogP) is 1.62. The lowest BCUT2D eigenvalue weighted by atomic mass is 9.97. The van der Waals surface area contributed by atoms with Gasteiger partial charge in [0, 0.05) is 64.4 Å². The van der Waals surface area contributed by atoms with Crippen molar-refractivity contribution in [2.24, 2.45) is 10.9 Å². The molecule has 162 valence electrons. The fraction of sp³-hybridized carbons (Fsp3) is 0.762. The fourth-order valence-electron chi connectivity index (χ4n) is 4.64. The van der Waals surface area contributed by atoms with Gasteiger partial charge in [0.05, 0.1) is 24.8 Å². The van der Waals surface area contributed by atoms with E-state index in [1.54, 1.807) is 0 Å². The number of morpholine rings is 1. The summed E-state index contributed by atoms with van der Waals surface area (Å²) in [4.78, 5) is 9.57. The zero-order valence-corrected chi connectivity index (χ0v) is 18.3. The number of ether oxygens (including phenoxy) is 2. The summed E-state index contributed by atoms with van der Waals surface area (Å²) >= 11 is 1.83. The maximum absolute atomic E-state index is 5.69. The molecule has 2 unspecified atom stereocenters. The molecule has 4 heterocycles. The van der Waals surface area contributed by atoms with E-state index in [9.17, 15) is 0 Å². The van der Waals surface area contributed by atoms with Crippen LogP contribution in [0.1, 0.15) is 19.3 Å². The SMILES string of the molecule is CN=C(NCC(C1CCOC1)N1CCOCC1)NC1CCN(c2cccs2)CC1. The van der Waals surface area contributed by atoms with Crippen LogP contribution in [0.5, 0.6) is 0 Å². The molecule has 0 aliphatic carbocycles. The molecule has 0 spiro atoms. The van der Waals surface area contributed by atoms with Crippen molar-refractivity contribution in [1.29, 1.82) is 0 Å². The van der Waals surface area contributed by atoms with Gasteiger partial charge >= 0.3 is 0 Å². The van der Waals surface area contributed by atoms with Crippen molar-refractivity contribution in [3.63, 3.8) is 0 Å². The first kappa shape index (κ1) is 20.9. The van der Waals surface area contributed by atoms with Gasteiger partial charge in [0.15, 0.2) is 5.96 Å². The highest BCUT2D eigenvalue weighted by molar-refractivity contribution is 7.14. The van der Waals surface area contributed by atoms with E-state index >= 15 is 0 Å². The van der Waals surface area contributed by atoms with E-state index in [2.05, 4.69) is 42.9 Å². The van der Waals surface area contributed by atoms with Gasteiger partial charge < -0.3 is 25.0 Å². The topological polar surface area (TPSA) is 61.4 Å². The Hall–Kier alpha value is -1.35. The smallest absolute Gasteiger partial charge is 0.191 e. The molecular formula is C21H35N5O2S. The number of nitrogens with zero attached hydrogens (tertiary/aromatic N) is 3. The molecule has 3 saturated heterocycles. The number of guanidine groups is 1. The highest BCUT2D eigenvalue weighted by Gasteiger charge is 2.31. The summed E-state index contributed by atoms with van der Waals surface area (Å²) in [5, 5.41) is 10.8. The molecule has 0 saturated carbocycles. The number of nitrogens with one attached hydrogen (secondary N) is 2. The fourth-order valence-corrected chi connectivity index (χ4v) is 5.43. The average molecular weight is 422 g/mol. The van der Waals surface area contributed by atoms with E-state index in [0.29, 0.717) is 18.0 Å². The van der Waals surface area contributed by atoms with Gasteiger partial charge in [-0.3, -0.25) is 9.89 Å². The van der Waals surface area contributed by atoms with Gasteiger partial charge in [0.25, 0.3) is 0 Å². The Morgan fingerprint density at radius 1 is 1.17 bits per heavy atom. The minimum atomic E-state index is 0.473. The number of aliphatic imine (C=N–C) groups is 1. The predicted molar refractivity (Wildman–Crippen MR) is 119 cm³/mol. The van der Waals surface area contributed by atoms with Crippen LogP contribution in [0, 0.1) is 5.92 Å². The van der Waals surface area contributed by atoms with Crippen LogP contribution in [0.15, 0.2) is 22.5 Å². The molecule has 8 heteroatoms. The number of piperidine rings is 1. The van der Waals surface area contributed by atoms with Crippen LogP contribution in [0.2, 0.25) is 0 Å². The van der Waals surface area contributed by atoms with E-state index in [4.69, 9.17) is 9.47 Å². The second-order valence-corrected chi connectivity index (χ2v) is 9.08. The minimum absolute atomic E-state index is 0.473. The molecule has 29 heavy (non-hydrogen) atoms. The van der Waals surface area contributed by atoms with Gasteiger partial charge in [-0.2, -0.15) is 0 Å². The number of rotatable bonds is 6. The molecule has 7 nitrogen and oxygen atoms in total. The van der Waals surface area contributed by atoms with Crippen molar-refractivity contribution in [2.45, 2.75) is 31.3 Å². The third-order valence-electron chi connectivity index (χ3n) is 6.38. The third-order valence-corrected chi connectivity index (χ3v) is 7.31. The summed E-state index contributed by atoms with van der Waals surface area (Å²) in [6.45, 7) is 8.56. The summed E-state index contributed by atoms with van der Waals surface area (Å²) < 4.78 is 11.3. The average Bonchev–Trinajstić information content (AvgIpc) is 3.49. The zero-order chi connectivity index (χ0) is 19.9. The second kappa shape index (κ2) is 10.6. The maximum Gasteiger partial charge on any atom is 0.191 e. The van der Waals surface area contributed by atoms with E-state index in [0.717, 1.165) is 84.4 Å². The molecule has 0 aromatic carbocycles. The first-order chi connectivity index (χ1) is 14.3. The molecule has 1 aromatic rings. The molecule has 0 bridgehead atoms. The molecule has 0 radical (unpaired) electrons. The van der Waals surface area contributed by atoms with Crippen molar-refractivity contribution in [2.75, 3.05) is 71.1 Å². The number of hydrogen-bond acceptors (Lipinski definition) is 6. The van der Waals surface area contributed by atoms with E-state index < -0.39 is 0 Å². The quantitative estimate of drug-likeness (QED) is 0.538. The molecule has 3 aliphatic heterocycles. The lowest BCUT2D eigenvalue weighted by molar-refractivity contribution is 0.00245. The summed E-state index contributed by atoms with van der Waals surface area (Å²) in [5.74, 6) is 1.52. The summed E-state index contributed by atoms with van der Waals surface area (Å²) in [7, 11) is 1.87. The van der Waals surface area contributed by atoms with Crippen molar-refractivity contribution >= 4 is 22.3 Å². The van der Waals surface area contributed by atoms with Crippen LogP contribution in [-0.2, 0) is 9.47 Å². The maximum atomic E-state index is 5.69. The lowest BCUT2D eigenvalue weighted by Gasteiger charge is -2.38. The highest BCUT2D eigenvalue weighted by atomic mass is 32.1. The van der Waals surface area contributed by atoms with Gasteiger partial charge in [-0.15, -0.1) is 11.3 Å². The first-order valence-electron chi connectivity index (χ1n) is 11.0. The van der Waals surface area contributed by atoms with E-state index in [-0.39, 0.29) is 0 Å². The summed E-state index contributed by atoms with van der Waals surface area (Å²) in [6.07, 6.45) is 3.43. The Bertz CT molecular complexity index is 621.